The average molecular weight is 745 g/mol. The van der Waals surface area contributed by atoms with Crippen molar-refractivity contribution in [2.24, 2.45) is 0 Å². The number of nitrogens with zero attached hydrogens (tertiary/aromatic N) is 4. The van der Waals surface area contributed by atoms with Gasteiger partial charge in [0, 0.05) is 59.2 Å². The first-order valence-corrected chi connectivity index (χ1v) is 20.1. The van der Waals surface area contributed by atoms with Gasteiger partial charge in [0.2, 0.25) is 5.95 Å². The molecule has 0 aliphatic rings. The van der Waals surface area contributed by atoms with E-state index in [0.717, 1.165) is 22.3 Å². The zero-order valence-electron chi connectivity index (χ0n) is 30.7. The van der Waals surface area contributed by atoms with E-state index in [-0.39, 0.29) is 0 Å². The normalized spacial score (nSPS) is 11.9. The summed E-state index contributed by atoms with van der Waals surface area (Å²) in [6.07, 6.45) is 1.89. The second kappa shape index (κ2) is 12.6. The van der Waals surface area contributed by atoms with Crippen LogP contribution in [0.2, 0.25) is 0 Å². The van der Waals surface area contributed by atoms with Crippen molar-refractivity contribution < 1.29 is 0 Å². The van der Waals surface area contributed by atoms with Gasteiger partial charge in [-0.1, -0.05) is 127 Å². The maximum absolute atomic E-state index is 5.23. The molecule has 8 aromatic carbocycles. The highest BCUT2D eigenvalue weighted by atomic mass is 32.1. The summed E-state index contributed by atoms with van der Waals surface area (Å²) in [4.78, 5) is 10.1. The molecular formula is C52H32N4S. The van der Waals surface area contributed by atoms with Crippen molar-refractivity contribution in [2.75, 3.05) is 0 Å². The molecule has 0 N–H and O–H groups in total. The van der Waals surface area contributed by atoms with E-state index in [0.29, 0.717) is 5.95 Å². The fourth-order valence-corrected chi connectivity index (χ4v) is 10.0. The molecule has 4 heterocycles. The molecule has 4 nitrogen and oxygen atoms in total. The van der Waals surface area contributed by atoms with Crippen LogP contribution in [-0.2, 0) is 0 Å². The van der Waals surface area contributed by atoms with Crippen LogP contribution in [0.3, 0.4) is 0 Å². The lowest BCUT2D eigenvalue weighted by Gasteiger charge is -2.10. The fraction of sp³-hybridized carbons (Fsp3) is 0. The van der Waals surface area contributed by atoms with E-state index in [1.165, 1.54) is 80.7 Å². The van der Waals surface area contributed by atoms with Crippen LogP contribution in [0.25, 0.3) is 109 Å². The van der Waals surface area contributed by atoms with Gasteiger partial charge in [0.1, 0.15) is 0 Å². The first-order chi connectivity index (χ1) is 28.3. The van der Waals surface area contributed by atoms with E-state index in [2.05, 4.69) is 191 Å². The van der Waals surface area contributed by atoms with Crippen LogP contribution in [0.4, 0.5) is 0 Å². The summed E-state index contributed by atoms with van der Waals surface area (Å²) in [6.45, 7) is 0. The largest absolute Gasteiger partial charge is 0.309 e. The first kappa shape index (κ1) is 32.0. The third kappa shape index (κ3) is 4.99. The molecule has 12 rings (SSSR count). The van der Waals surface area contributed by atoms with Crippen LogP contribution in [0.1, 0.15) is 0 Å². The molecule has 0 radical (unpaired) electrons. The third-order valence-corrected chi connectivity index (χ3v) is 12.7. The van der Waals surface area contributed by atoms with Crippen LogP contribution in [0.5, 0.6) is 0 Å². The van der Waals surface area contributed by atoms with Crippen LogP contribution >= 0.6 is 11.3 Å². The van der Waals surface area contributed by atoms with Gasteiger partial charge < -0.3 is 4.57 Å². The van der Waals surface area contributed by atoms with Gasteiger partial charge in [0.05, 0.1) is 27.8 Å². The lowest BCUT2D eigenvalue weighted by atomic mass is 9.98. The number of benzene rings is 8. The van der Waals surface area contributed by atoms with Crippen molar-refractivity contribution in [3.8, 4) is 45.1 Å². The Kier molecular flexibility index (Phi) is 7.06. The molecule has 0 aliphatic carbocycles. The molecule has 0 atom stereocenters. The number of hydrogen-bond donors (Lipinski definition) is 0. The minimum atomic E-state index is 0.665. The number of para-hydroxylation sites is 3. The Labute approximate surface area is 332 Å². The molecule has 0 fully saturated rings. The van der Waals surface area contributed by atoms with Gasteiger partial charge in [0.25, 0.3) is 0 Å². The van der Waals surface area contributed by atoms with E-state index in [9.17, 15) is 0 Å². The van der Waals surface area contributed by atoms with Crippen molar-refractivity contribution in [3.63, 3.8) is 0 Å². The van der Waals surface area contributed by atoms with E-state index < -0.39 is 0 Å². The Hall–Kier alpha value is -7.34. The maximum atomic E-state index is 5.23. The lowest BCUT2D eigenvalue weighted by molar-refractivity contribution is 0.993. The molecule has 0 aliphatic heterocycles. The number of fused-ring (bicyclic) bond motifs is 9. The SMILES string of the molecule is c1ccc(-n2c3ccccc3c3cc(-c4ccc(-c5ccc6c(c5)c5ccccc5n6-c5nccc(-c6cccc7c6sc6ccccc67)n5)cc4)ccc32)cc1. The van der Waals surface area contributed by atoms with Crippen molar-refractivity contribution in [2.45, 2.75) is 0 Å². The Morgan fingerprint density at radius 2 is 0.930 bits per heavy atom. The zero-order valence-corrected chi connectivity index (χ0v) is 31.5. The predicted molar refractivity (Wildman–Crippen MR) is 240 cm³/mol. The molecule has 4 aromatic heterocycles. The first-order valence-electron chi connectivity index (χ1n) is 19.2. The average Bonchev–Trinajstić information content (AvgIpc) is 3.94. The van der Waals surface area contributed by atoms with Gasteiger partial charge in [-0.15, -0.1) is 11.3 Å². The molecule has 5 heteroatoms. The van der Waals surface area contributed by atoms with Crippen LogP contribution in [-0.4, -0.2) is 19.1 Å². The van der Waals surface area contributed by atoms with E-state index >= 15 is 0 Å². The highest BCUT2D eigenvalue weighted by Gasteiger charge is 2.18. The molecular weight excluding hydrogens is 713 g/mol. The third-order valence-electron chi connectivity index (χ3n) is 11.4. The molecule has 0 bridgehead atoms. The second-order valence-corrected chi connectivity index (χ2v) is 15.7. The van der Waals surface area contributed by atoms with Gasteiger partial charge in [0.15, 0.2) is 0 Å². The topological polar surface area (TPSA) is 35.6 Å². The molecule has 0 unspecified atom stereocenters. The van der Waals surface area contributed by atoms with Gasteiger partial charge in [-0.2, -0.15) is 0 Å². The summed E-state index contributed by atoms with van der Waals surface area (Å²) in [7, 11) is 0. The van der Waals surface area contributed by atoms with Crippen LogP contribution in [0, 0.1) is 0 Å². The van der Waals surface area contributed by atoms with Gasteiger partial charge in [-0.3, -0.25) is 4.57 Å². The van der Waals surface area contributed by atoms with Crippen LogP contribution < -0.4 is 0 Å². The summed E-state index contributed by atoms with van der Waals surface area (Å²) >= 11 is 1.82. The minimum absolute atomic E-state index is 0.665. The summed E-state index contributed by atoms with van der Waals surface area (Å²) < 4.78 is 7.10. The Morgan fingerprint density at radius 1 is 0.386 bits per heavy atom. The zero-order chi connectivity index (χ0) is 37.5. The van der Waals surface area contributed by atoms with E-state index in [4.69, 9.17) is 9.97 Å². The Balaban J connectivity index is 0.925. The number of thiophene rings is 1. The molecule has 12 aromatic rings. The lowest BCUT2D eigenvalue weighted by Crippen LogP contribution is -2.01. The molecule has 0 amide bonds. The van der Waals surface area contributed by atoms with Gasteiger partial charge >= 0.3 is 0 Å². The Morgan fingerprint density at radius 3 is 1.63 bits per heavy atom. The highest BCUT2D eigenvalue weighted by Crippen LogP contribution is 2.41. The molecule has 0 spiro atoms. The number of rotatable bonds is 5. The number of hydrogen-bond acceptors (Lipinski definition) is 3. The molecule has 57 heavy (non-hydrogen) atoms. The number of aromatic nitrogens is 4. The second-order valence-electron chi connectivity index (χ2n) is 14.6. The quantitative estimate of drug-likeness (QED) is 0.176. The minimum Gasteiger partial charge on any atom is -0.309 e. The summed E-state index contributed by atoms with van der Waals surface area (Å²) in [5, 5.41) is 7.41. The van der Waals surface area contributed by atoms with Gasteiger partial charge in [-0.25, -0.2) is 9.97 Å². The van der Waals surface area contributed by atoms with Crippen molar-refractivity contribution in [1.82, 2.24) is 19.1 Å². The smallest absolute Gasteiger partial charge is 0.235 e. The molecule has 266 valence electrons. The molecule has 0 saturated heterocycles. The van der Waals surface area contributed by atoms with Gasteiger partial charge in [-0.05, 0) is 82.9 Å². The fourth-order valence-electron chi connectivity index (χ4n) is 8.79. The van der Waals surface area contributed by atoms with Crippen molar-refractivity contribution in [1.29, 1.82) is 0 Å². The Bertz CT molecular complexity index is 3520. The summed E-state index contributed by atoms with van der Waals surface area (Å²) in [5.74, 6) is 0.665. The van der Waals surface area contributed by atoms with Crippen LogP contribution in [0.15, 0.2) is 194 Å². The summed E-state index contributed by atoms with van der Waals surface area (Å²) in [5.41, 5.74) is 12.5. The monoisotopic (exact) mass is 744 g/mol. The van der Waals surface area contributed by atoms with E-state index in [1.807, 2.05) is 23.6 Å². The highest BCUT2D eigenvalue weighted by molar-refractivity contribution is 7.26. The standard InChI is InChI=1S/C52H32N4S/c1-2-11-37(12-3-1)55-46-18-7-4-13-38(46)43-31-35(25-27-48(43)55)33-21-23-34(24-22-33)36-26-28-49-44(32-36)39-14-5-8-19-47(39)56(49)52-53-30-29-45(54-52)42-17-10-16-41-40-15-6-9-20-50(40)57-51(41)42/h1-32H. The van der Waals surface area contributed by atoms with Crippen molar-refractivity contribution >= 4 is 75.1 Å². The van der Waals surface area contributed by atoms with E-state index in [1.54, 1.807) is 0 Å². The molecule has 0 saturated carbocycles. The summed E-state index contributed by atoms with van der Waals surface area (Å²) in [6, 6.07) is 67.6. The maximum Gasteiger partial charge on any atom is 0.235 e. The van der Waals surface area contributed by atoms with Crippen molar-refractivity contribution in [3.05, 3.63) is 194 Å². The predicted octanol–water partition coefficient (Wildman–Crippen LogP) is 14.0.